The minimum atomic E-state index is -0.857. The standard InChI is InChI=1S/C21H21N3O3/c1-16(21(26)23-18-8-4-2-5-9-18)27-20(25)13-12-17-14-22-24(15-17)19-10-6-3-7-11-19/h2-11,14-16H,12-13H2,1H3,(H,23,26). The molecule has 27 heavy (non-hydrogen) atoms. The van der Waals surface area contributed by atoms with Gasteiger partial charge in [-0.1, -0.05) is 36.4 Å². The quantitative estimate of drug-likeness (QED) is 0.653. The van der Waals surface area contributed by atoms with Gasteiger partial charge in [0.05, 0.1) is 11.9 Å². The molecule has 0 bridgehead atoms. The summed E-state index contributed by atoms with van der Waals surface area (Å²) in [7, 11) is 0. The third kappa shape index (κ3) is 5.28. The molecular formula is C21H21N3O3. The van der Waals surface area contributed by atoms with Crippen LogP contribution in [-0.4, -0.2) is 27.8 Å². The van der Waals surface area contributed by atoms with Crippen molar-refractivity contribution in [3.05, 3.63) is 78.6 Å². The number of esters is 1. The van der Waals surface area contributed by atoms with Gasteiger partial charge < -0.3 is 10.1 Å². The van der Waals surface area contributed by atoms with Gasteiger partial charge in [0.25, 0.3) is 5.91 Å². The van der Waals surface area contributed by atoms with Gasteiger partial charge in [-0.3, -0.25) is 9.59 Å². The maximum atomic E-state index is 12.1. The largest absolute Gasteiger partial charge is 0.453 e. The summed E-state index contributed by atoms with van der Waals surface area (Å²) in [6, 6.07) is 18.8. The number of carbonyl (C=O) groups excluding carboxylic acids is 2. The van der Waals surface area contributed by atoms with Crippen LogP contribution in [0.25, 0.3) is 5.69 Å². The lowest BCUT2D eigenvalue weighted by Gasteiger charge is -2.13. The second kappa shape index (κ2) is 8.80. The van der Waals surface area contributed by atoms with E-state index in [0.717, 1.165) is 11.3 Å². The highest BCUT2D eigenvalue weighted by molar-refractivity contribution is 5.95. The Balaban J connectivity index is 1.47. The highest BCUT2D eigenvalue weighted by atomic mass is 16.5. The van der Waals surface area contributed by atoms with Crippen LogP contribution in [0.1, 0.15) is 18.9 Å². The SMILES string of the molecule is CC(OC(=O)CCc1cnn(-c2ccccc2)c1)C(=O)Nc1ccccc1. The number of amides is 1. The summed E-state index contributed by atoms with van der Waals surface area (Å²) in [5, 5.41) is 7.01. The molecule has 6 nitrogen and oxygen atoms in total. The van der Waals surface area contributed by atoms with Gasteiger partial charge >= 0.3 is 5.97 Å². The van der Waals surface area contributed by atoms with Gasteiger partial charge in [-0.15, -0.1) is 0 Å². The number of carbonyl (C=O) groups is 2. The Kier molecular flexibility index (Phi) is 5.99. The van der Waals surface area contributed by atoms with Crippen molar-refractivity contribution in [3.8, 4) is 5.69 Å². The molecule has 0 radical (unpaired) electrons. The average molecular weight is 363 g/mol. The molecule has 0 saturated heterocycles. The van der Waals surface area contributed by atoms with E-state index in [2.05, 4.69) is 10.4 Å². The van der Waals surface area contributed by atoms with Gasteiger partial charge in [-0.2, -0.15) is 5.10 Å². The van der Waals surface area contributed by atoms with Crippen molar-refractivity contribution in [2.45, 2.75) is 25.9 Å². The number of aromatic nitrogens is 2. The van der Waals surface area contributed by atoms with Crippen molar-refractivity contribution >= 4 is 17.6 Å². The second-order valence-corrected chi connectivity index (χ2v) is 6.12. The van der Waals surface area contributed by atoms with Crippen molar-refractivity contribution in [3.63, 3.8) is 0 Å². The molecule has 3 aromatic rings. The fraction of sp³-hybridized carbons (Fsp3) is 0.190. The average Bonchev–Trinajstić information content (AvgIpc) is 3.17. The van der Waals surface area contributed by atoms with Crippen LogP contribution < -0.4 is 5.32 Å². The molecule has 0 fully saturated rings. The number of hydrogen-bond acceptors (Lipinski definition) is 4. The molecule has 1 atom stereocenters. The first-order chi connectivity index (χ1) is 13.1. The number of aryl methyl sites for hydroxylation is 1. The van der Waals surface area contributed by atoms with E-state index in [1.165, 1.54) is 0 Å². The first-order valence-corrected chi connectivity index (χ1v) is 8.76. The van der Waals surface area contributed by atoms with Crippen LogP contribution in [0.2, 0.25) is 0 Å². The Labute approximate surface area is 157 Å². The molecule has 0 aliphatic rings. The lowest BCUT2D eigenvalue weighted by Crippen LogP contribution is -2.30. The van der Waals surface area contributed by atoms with Crippen molar-refractivity contribution in [1.82, 2.24) is 9.78 Å². The molecule has 1 unspecified atom stereocenters. The number of anilines is 1. The third-order valence-corrected chi connectivity index (χ3v) is 3.99. The lowest BCUT2D eigenvalue weighted by molar-refractivity contribution is -0.153. The van der Waals surface area contributed by atoms with Gasteiger partial charge in [0.15, 0.2) is 6.10 Å². The number of hydrogen-bond donors (Lipinski definition) is 1. The number of nitrogens with one attached hydrogen (secondary N) is 1. The smallest absolute Gasteiger partial charge is 0.306 e. The first kappa shape index (κ1) is 18.4. The zero-order valence-electron chi connectivity index (χ0n) is 15.0. The van der Waals surface area contributed by atoms with Crippen molar-refractivity contribution in [2.75, 3.05) is 5.32 Å². The normalized spacial score (nSPS) is 11.6. The maximum absolute atomic E-state index is 12.1. The molecule has 2 aromatic carbocycles. The zero-order chi connectivity index (χ0) is 19.1. The predicted molar refractivity (Wildman–Crippen MR) is 103 cm³/mol. The summed E-state index contributed by atoms with van der Waals surface area (Å²) in [5.41, 5.74) is 2.55. The molecule has 1 N–H and O–H groups in total. The molecule has 138 valence electrons. The second-order valence-electron chi connectivity index (χ2n) is 6.12. The summed E-state index contributed by atoms with van der Waals surface area (Å²) in [5.74, 6) is -0.774. The highest BCUT2D eigenvalue weighted by Gasteiger charge is 2.18. The molecule has 1 aromatic heterocycles. The third-order valence-electron chi connectivity index (χ3n) is 3.99. The van der Waals surface area contributed by atoms with E-state index in [4.69, 9.17) is 4.74 Å². The van der Waals surface area contributed by atoms with Gasteiger partial charge in [0, 0.05) is 18.3 Å². The molecule has 1 heterocycles. The number of benzene rings is 2. The Morgan fingerprint density at radius 1 is 1.07 bits per heavy atom. The minimum absolute atomic E-state index is 0.184. The van der Waals surface area contributed by atoms with E-state index in [1.807, 2.05) is 54.7 Å². The summed E-state index contributed by atoms with van der Waals surface area (Å²) >= 11 is 0. The molecule has 0 spiro atoms. The summed E-state index contributed by atoms with van der Waals surface area (Å²) in [4.78, 5) is 24.1. The van der Waals surface area contributed by atoms with E-state index in [1.54, 1.807) is 29.9 Å². The van der Waals surface area contributed by atoms with Crippen LogP contribution in [0.5, 0.6) is 0 Å². The number of rotatable bonds is 7. The maximum Gasteiger partial charge on any atom is 0.306 e. The Morgan fingerprint density at radius 2 is 1.74 bits per heavy atom. The van der Waals surface area contributed by atoms with E-state index in [0.29, 0.717) is 12.1 Å². The minimum Gasteiger partial charge on any atom is -0.453 e. The monoisotopic (exact) mass is 363 g/mol. The van der Waals surface area contributed by atoms with Crippen LogP contribution in [0.4, 0.5) is 5.69 Å². The Morgan fingerprint density at radius 3 is 2.44 bits per heavy atom. The molecule has 3 rings (SSSR count). The summed E-state index contributed by atoms with van der Waals surface area (Å²) < 4.78 is 6.98. The Hall–Kier alpha value is -3.41. The van der Waals surface area contributed by atoms with Crippen LogP contribution in [0.15, 0.2) is 73.1 Å². The van der Waals surface area contributed by atoms with E-state index in [-0.39, 0.29) is 12.3 Å². The van der Waals surface area contributed by atoms with Gasteiger partial charge in [-0.05, 0) is 43.2 Å². The fourth-order valence-corrected chi connectivity index (χ4v) is 2.53. The van der Waals surface area contributed by atoms with E-state index >= 15 is 0 Å². The first-order valence-electron chi connectivity index (χ1n) is 8.76. The van der Waals surface area contributed by atoms with Gasteiger partial charge in [0.1, 0.15) is 0 Å². The van der Waals surface area contributed by atoms with Crippen molar-refractivity contribution < 1.29 is 14.3 Å². The van der Waals surface area contributed by atoms with Gasteiger partial charge in [-0.25, -0.2) is 4.68 Å². The van der Waals surface area contributed by atoms with Crippen molar-refractivity contribution in [2.24, 2.45) is 0 Å². The van der Waals surface area contributed by atoms with Crippen LogP contribution >= 0.6 is 0 Å². The molecule has 0 aliphatic carbocycles. The fourth-order valence-electron chi connectivity index (χ4n) is 2.53. The predicted octanol–water partition coefficient (Wildman–Crippen LogP) is 3.38. The lowest BCUT2D eigenvalue weighted by atomic mass is 10.2. The highest BCUT2D eigenvalue weighted by Crippen LogP contribution is 2.11. The molecular weight excluding hydrogens is 342 g/mol. The van der Waals surface area contributed by atoms with Crippen LogP contribution in [-0.2, 0) is 20.7 Å². The molecule has 0 saturated carbocycles. The van der Waals surface area contributed by atoms with Crippen LogP contribution in [0, 0.1) is 0 Å². The molecule has 1 amide bonds. The van der Waals surface area contributed by atoms with E-state index < -0.39 is 12.1 Å². The van der Waals surface area contributed by atoms with Gasteiger partial charge in [0.2, 0.25) is 0 Å². The number of para-hydroxylation sites is 2. The summed E-state index contributed by atoms with van der Waals surface area (Å²) in [6.07, 6.45) is 3.44. The molecule has 6 heteroatoms. The topological polar surface area (TPSA) is 73.2 Å². The number of ether oxygens (including phenoxy) is 1. The number of nitrogens with zero attached hydrogens (tertiary/aromatic N) is 2. The van der Waals surface area contributed by atoms with E-state index in [9.17, 15) is 9.59 Å². The molecule has 0 aliphatic heterocycles. The Bertz CT molecular complexity index is 891. The zero-order valence-corrected chi connectivity index (χ0v) is 15.0. The summed E-state index contributed by atoms with van der Waals surface area (Å²) in [6.45, 7) is 1.56. The van der Waals surface area contributed by atoms with Crippen molar-refractivity contribution in [1.29, 1.82) is 0 Å². The van der Waals surface area contributed by atoms with Crippen LogP contribution in [0.3, 0.4) is 0 Å².